The van der Waals surface area contributed by atoms with Crippen molar-refractivity contribution in [2.45, 2.75) is 19.3 Å². The Kier molecular flexibility index (Phi) is 1.20. The molecule has 0 spiro atoms. The second-order valence-corrected chi connectivity index (χ2v) is 3.57. The second kappa shape index (κ2) is 2.25. The molecule has 2 aromatic rings. The van der Waals surface area contributed by atoms with Crippen LogP contribution in [0.25, 0.3) is 11.0 Å². The van der Waals surface area contributed by atoms with E-state index in [1.807, 2.05) is 6.07 Å². The van der Waals surface area contributed by atoms with Crippen molar-refractivity contribution in [2.24, 2.45) is 0 Å². The van der Waals surface area contributed by atoms with E-state index in [4.69, 9.17) is 5.73 Å². The third-order valence-corrected chi connectivity index (χ3v) is 2.73. The molecule has 3 heteroatoms. The molecule has 1 aliphatic rings. The maximum absolute atomic E-state index is 5.61. The Morgan fingerprint density at radius 3 is 3.15 bits per heavy atom. The van der Waals surface area contributed by atoms with Crippen LogP contribution in [0.3, 0.4) is 0 Å². The van der Waals surface area contributed by atoms with E-state index in [-0.39, 0.29) is 0 Å². The lowest BCUT2D eigenvalue weighted by molar-refractivity contribution is 0.897. The Bertz CT molecular complexity index is 470. The second-order valence-electron chi connectivity index (χ2n) is 3.57. The number of fused-ring (bicyclic) bond motifs is 3. The molecule has 0 amide bonds. The molecule has 2 heterocycles. The highest BCUT2D eigenvalue weighted by Gasteiger charge is 2.16. The smallest absolute Gasteiger partial charge is 0.140 e. The normalized spacial score (nSPS) is 15.1. The molecule has 3 rings (SSSR count). The van der Waals surface area contributed by atoms with Crippen LogP contribution in [-0.2, 0) is 12.8 Å². The molecule has 2 aromatic heterocycles. The highest BCUT2D eigenvalue weighted by atomic mass is 14.9. The van der Waals surface area contributed by atoms with Gasteiger partial charge >= 0.3 is 0 Å². The Labute approximate surface area is 76.0 Å². The molecule has 0 saturated carbocycles. The summed E-state index contributed by atoms with van der Waals surface area (Å²) in [6, 6.07) is 3.94. The first-order chi connectivity index (χ1) is 6.34. The first-order valence-electron chi connectivity index (χ1n) is 4.60. The molecule has 0 saturated heterocycles. The van der Waals surface area contributed by atoms with Gasteiger partial charge in [0.1, 0.15) is 11.5 Å². The molecule has 0 fully saturated rings. The fraction of sp³-hybridized carbons (Fsp3) is 0.300. The van der Waals surface area contributed by atoms with E-state index in [9.17, 15) is 0 Å². The number of aryl methyl sites for hydroxylation is 2. The number of nitrogens with zero attached hydrogens (tertiary/aromatic N) is 1. The Morgan fingerprint density at radius 2 is 2.23 bits per heavy atom. The van der Waals surface area contributed by atoms with Crippen molar-refractivity contribution in [3.63, 3.8) is 0 Å². The molecule has 3 N–H and O–H groups in total. The van der Waals surface area contributed by atoms with Gasteiger partial charge in [-0.25, -0.2) is 4.98 Å². The summed E-state index contributed by atoms with van der Waals surface area (Å²) < 4.78 is 0. The van der Waals surface area contributed by atoms with Crippen LogP contribution in [0, 0.1) is 0 Å². The van der Waals surface area contributed by atoms with Gasteiger partial charge in [0.2, 0.25) is 0 Å². The largest absolute Gasteiger partial charge is 0.384 e. The van der Waals surface area contributed by atoms with Gasteiger partial charge in [-0.1, -0.05) is 0 Å². The van der Waals surface area contributed by atoms with Gasteiger partial charge in [-0.15, -0.1) is 0 Å². The van der Waals surface area contributed by atoms with Gasteiger partial charge in [-0.05, 0) is 37.0 Å². The molecule has 1 aliphatic carbocycles. The molecular weight excluding hydrogens is 162 g/mol. The minimum atomic E-state index is 0.590. The summed E-state index contributed by atoms with van der Waals surface area (Å²) >= 11 is 0. The van der Waals surface area contributed by atoms with E-state index in [0.29, 0.717) is 5.82 Å². The first kappa shape index (κ1) is 6.95. The van der Waals surface area contributed by atoms with Crippen LogP contribution in [0.4, 0.5) is 5.82 Å². The van der Waals surface area contributed by atoms with Crippen LogP contribution in [0.5, 0.6) is 0 Å². The van der Waals surface area contributed by atoms with Crippen LogP contribution in [0.2, 0.25) is 0 Å². The number of rotatable bonds is 0. The number of nitrogens with two attached hydrogens (primary N) is 1. The van der Waals surface area contributed by atoms with Crippen LogP contribution < -0.4 is 5.73 Å². The molecule has 0 unspecified atom stereocenters. The van der Waals surface area contributed by atoms with Gasteiger partial charge in [0.25, 0.3) is 0 Å². The highest BCUT2D eigenvalue weighted by Crippen LogP contribution is 2.29. The van der Waals surface area contributed by atoms with Crippen LogP contribution in [-0.4, -0.2) is 9.97 Å². The van der Waals surface area contributed by atoms with Crippen molar-refractivity contribution in [3.05, 3.63) is 23.4 Å². The molecule has 0 radical (unpaired) electrons. The number of nitrogens with one attached hydrogen (secondary N) is 1. The number of hydrogen-bond acceptors (Lipinski definition) is 2. The quantitative estimate of drug-likeness (QED) is 0.636. The molecule has 0 atom stereocenters. The number of anilines is 1. The highest BCUT2D eigenvalue weighted by molar-refractivity contribution is 5.83. The zero-order valence-electron chi connectivity index (χ0n) is 7.30. The van der Waals surface area contributed by atoms with Gasteiger partial charge < -0.3 is 10.7 Å². The van der Waals surface area contributed by atoms with E-state index >= 15 is 0 Å². The summed E-state index contributed by atoms with van der Waals surface area (Å²) in [4.78, 5) is 7.59. The number of aromatic amines is 1. The minimum Gasteiger partial charge on any atom is -0.384 e. The van der Waals surface area contributed by atoms with E-state index < -0.39 is 0 Å². The molecule has 0 bridgehead atoms. The summed E-state index contributed by atoms with van der Waals surface area (Å²) in [5, 5.41) is 1.25. The van der Waals surface area contributed by atoms with Crippen LogP contribution in [0.15, 0.2) is 12.1 Å². The molecule has 13 heavy (non-hydrogen) atoms. The van der Waals surface area contributed by atoms with Crippen molar-refractivity contribution < 1.29 is 0 Å². The summed E-state index contributed by atoms with van der Waals surface area (Å²) in [5.74, 6) is 0.590. The maximum Gasteiger partial charge on any atom is 0.140 e. The van der Waals surface area contributed by atoms with Crippen molar-refractivity contribution in [2.75, 3.05) is 5.73 Å². The fourth-order valence-corrected chi connectivity index (χ4v) is 2.13. The van der Waals surface area contributed by atoms with Gasteiger partial charge in [0.05, 0.1) is 0 Å². The number of H-pyrrole nitrogens is 1. The number of aromatic nitrogens is 2. The van der Waals surface area contributed by atoms with Crippen molar-refractivity contribution in [1.29, 1.82) is 0 Å². The number of hydrogen-bond donors (Lipinski definition) is 2. The lowest BCUT2D eigenvalue weighted by atomic mass is 10.2. The van der Waals surface area contributed by atoms with Gasteiger partial charge in [-0.2, -0.15) is 0 Å². The van der Waals surface area contributed by atoms with E-state index in [1.165, 1.54) is 29.5 Å². The van der Waals surface area contributed by atoms with Crippen molar-refractivity contribution >= 4 is 16.9 Å². The van der Waals surface area contributed by atoms with Gasteiger partial charge in [0.15, 0.2) is 0 Å². The first-order valence-corrected chi connectivity index (χ1v) is 4.60. The maximum atomic E-state index is 5.61. The molecule has 66 valence electrons. The summed E-state index contributed by atoms with van der Waals surface area (Å²) in [5.41, 5.74) is 9.36. The predicted molar refractivity (Wildman–Crippen MR) is 52.5 cm³/mol. The minimum absolute atomic E-state index is 0.590. The zero-order valence-corrected chi connectivity index (χ0v) is 7.30. The van der Waals surface area contributed by atoms with Gasteiger partial charge in [-0.3, -0.25) is 0 Å². The van der Waals surface area contributed by atoms with E-state index in [2.05, 4.69) is 16.0 Å². The Balaban J connectivity index is 2.38. The van der Waals surface area contributed by atoms with Crippen LogP contribution >= 0.6 is 0 Å². The molecule has 0 aliphatic heterocycles. The third-order valence-electron chi connectivity index (χ3n) is 2.73. The number of pyridine rings is 1. The average Bonchev–Trinajstić information content (AvgIpc) is 2.62. The standard InChI is InChI=1S/C10H11N3/c11-9-5-4-7-6-2-1-3-8(6)12-10(7)13-9/h4-5H,1-3H2,(H3,11,12,13). The van der Waals surface area contributed by atoms with E-state index in [0.717, 1.165) is 12.1 Å². The van der Waals surface area contributed by atoms with Crippen molar-refractivity contribution in [3.8, 4) is 0 Å². The molecule has 3 nitrogen and oxygen atoms in total. The summed E-state index contributed by atoms with van der Waals surface area (Å²) in [6.45, 7) is 0. The summed E-state index contributed by atoms with van der Waals surface area (Å²) in [6.07, 6.45) is 3.61. The number of nitrogen functional groups attached to an aromatic ring is 1. The average molecular weight is 173 g/mol. The molecular formula is C10H11N3. The Hall–Kier alpha value is -1.51. The topological polar surface area (TPSA) is 54.7 Å². The van der Waals surface area contributed by atoms with Crippen LogP contribution in [0.1, 0.15) is 17.7 Å². The Morgan fingerprint density at radius 1 is 1.31 bits per heavy atom. The lowest BCUT2D eigenvalue weighted by Crippen LogP contribution is -1.89. The third kappa shape index (κ3) is 0.869. The van der Waals surface area contributed by atoms with E-state index in [1.54, 1.807) is 0 Å². The van der Waals surface area contributed by atoms with Gasteiger partial charge in [0, 0.05) is 11.1 Å². The van der Waals surface area contributed by atoms with Crippen molar-refractivity contribution in [1.82, 2.24) is 9.97 Å². The lowest BCUT2D eigenvalue weighted by Gasteiger charge is -1.94. The fourth-order valence-electron chi connectivity index (χ4n) is 2.13. The molecule has 0 aromatic carbocycles. The monoisotopic (exact) mass is 173 g/mol. The predicted octanol–water partition coefficient (Wildman–Crippen LogP) is 1.63. The summed E-state index contributed by atoms with van der Waals surface area (Å²) in [7, 11) is 0. The SMILES string of the molecule is Nc1ccc2c3c([nH]c2n1)CCC3. The zero-order chi connectivity index (χ0) is 8.84.